The van der Waals surface area contributed by atoms with E-state index in [0.29, 0.717) is 19.5 Å². The molecule has 0 aliphatic rings. The van der Waals surface area contributed by atoms with Crippen LogP contribution < -0.4 is 15.4 Å². The van der Waals surface area contributed by atoms with Gasteiger partial charge in [0.05, 0.1) is 11.8 Å². The van der Waals surface area contributed by atoms with Crippen LogP contribution in [0.1, 0.15) is 30.5 Å². The Morgan fingerprint density at radius 2 is 1.46 bits per heavy atom. The van der Waals surface area contributed by atoms with E-state index in [1.807, 2.05) is 60.7 Å². The molecule has 0 spiro atoms. The van der Waals surface area contributed by atoms with Gasteiger partial charge in [-0.15, -0.1) is 0 Å². The molecular weight excluding hydrogens is 350 g/mol. The summed E-state index contributed by atoms with van der Waals surface area (Å²) in [5.74, 6) is 0.0523. The van der Waals surface area contributed by atoms with Crippen molar-refractivity contribution >= 4 is 16.1 Å². The lowest BCUT2D eigenvalue weighted by molar-refractivity contribution is 0.238. The number of hydrogen-bond donors (Lipinski definition) is 3. The number of carbonyl (C=O) groups excluding carboxylic acids is 1. The van der Waals surface area contributed by atoms with Crippen molar-refractivity contribution in [2.75, 3.05) is 18.8 Å². The largest absolute Gasteiger partial charge is 0.338 e. The van der Waals surface area contributed by atoms with E-state index in [-0.39, 0.29) is 17.8 Å². The molecule has 0 bridgehead atoms. The summed E-state index contributed by atoms with van der Waals surface area (Å²) in [5.41, 5.74) is 1.98. The number of nitrogens with one attached hydrogen (secondary N) is 3. The van der Waals surface area contributed by atoms with Gasteiger partial charge in [0, 0.05) is 13.1 Å². The average Bonchev–Trinajstić information content (AvgIpc) is 2.67. The molecule has 0 heterocycles. The maximum atomic E-state index is 12.3. The highest BCUT2D eigenvalue weighted by Gasteiger charge is 2.16. The zero-order chi connectivity index (χ0) is 18.8. The lowest BCUT2D eigenvalue weighted by Crippen LogP contribution is -2.39. The Balaban J connectivity index is 1.89. The van der Waals surface area contributed by atoms with Crippen molar-refractivity contribution in [1.82, 2.24) is 15.4 Å². The Labute approximate surface area is 155 Å². The molecule has 26 heavy (non-hydrogen) atoms. The van der Waals surface area contributed by atoms with Gasteiger partial charge in [-0.1, -0.05) is 60.7 Å². The van der Waals surface area contributed by atoms with Gasteiger partial charge in [0.15, 0.2) is 0 Å². The summed E-state index contributed by atoms with van der Waals surface area (Å²) in [5, 5.41) is 5.75. The Morgan fingerprint density at radius 1 is 0.923 bits per heavy atom. The summed E-state index contributed by atoms with van der Waals surface area (Å²) in [7, 11) is -3.19. The zero-order valence-electron chi connectivity index (χ0n) is 14.8. The molecule has 7 heteroatoms. The summed E-state index contributed by atoms with van der Waals surface area (Å²) < 4.78 is 25.2. The lowest BCUT2D eigenvalue weighted by Gasteiger charge is -2.20. The zero-order valence-corrected chi connectivity index (χ0v) is 15.6. The Bertz CT molecular complexity index is 741. The average molecular weight is 375 g/mol. The molecule has 6 nitrogen and oxygen atoms in total. The predicted octanol–water partition coefficient (Wildman–Crippen LogP) is 2.40. The van der Waals surface area contributed by atoms with Crippen LogP contribution in [0.25, 0.3) is 0 Å². The fraction of sp³-hybridized carbons (Fsp3) is 0.316. The van der Waals surface area contributed by atoms with Crippen molar-refractivity contribution in [1.29, 1.82) is 0 Å². The Hall–Kier alpha value is -2.38. The van der Waals surface area contributed by atoms with Gasteiger partial charge in [-0.2, -0.15) is 0 Å². The fourth-order valence-electron chi connectivity index (χ4n) is 2.45. The van der Waals surface area contributed by atoms with Crippen LogP contribution in [0.15, 0.2) is 60.7 Å². The molecule has 0 atom stereocenters. The normalized spacial score (nSPS) is 11.3. The van der Waals surface area contributed by atoms with E-state index < -0.39 is 10.0 Å². The van der Waals surface area contributed by atoms with E-state index in [0.717, 1.165) is 11.1 Å². The minimum Gasteiger partial charge on any atom is -0.338 e. The molecule has 0 saturated heterocycles. The van der Waals surface area contributed by atoms with E-state index in [4.69, 9.17) is 0 Å². The molecule has 0 unspecified atom stereocenters. The molecule has 0 fully saturated rings. The SMILES string of the molecule is CCS(=O)(=O)NCCCNC(=O)NC(c1ccccc1)c1ccccc1. The van der Waals surface area contributed by atoms with Gasteiger partial charge in [0.1, 0.15) is 0 Å². The van der Waals surface area contributed by atoms with E-state index in [9.17, 15) is 13.2 Å². The standard InChI is InChI=1S/C19H25N3O3S/c1-2-26(24,25)21-15-9-14-20-19(23)22-18(16-10-5-3-6-11-16)17-12-7-4-8-13-17/h3-8,10-13,18,21H,2,9,14-15H2,1H3,(H2,20,22,23). The van der Waals surface area contributed by atoms with E-state index >= 15 is 0 Å². The quantitative estimate of drug-likeness (QED) is 0.588. The van der Waals surface area contributed by atoms with Gasteiger partial charge >= 0.3 is 6.03 Å². The van der Waals surface area contributed by atoms with Crippen LogP contribution in [0.5, 0.6) is 0 Å². The van der Waals surface area contributed by atoms with Gasteiger partial charge in [0.25, 0.3) is 0 Å². The van der Waals surface area contributed by atoms with Crippen molar-refractivity contribution in [3.63, 3.8) is 0 Å². The molecule has 0 aromatic heterocycles. The number of urea groups is 1. The summed E-state index contributed by atoms with van der Waals surface area (Å²) >= 11 is 0. The molecule has 2 aromatic rings. The second-order valence-corrected chi connectivity index (χ2v) is 7.90. The predicted molar refractivity (Wildman–Crippen MR) is 103 cm³/mol. The van der Waals surface area contributed by atoms with Crippen LogP contribution in [-0.2, 0) is 10.0 Å². The monoisotopic (exact) mass is 375 g/mol. The lowest BCUT2D eigenvalue weighted by atomic mass is 9.99. The molecule has 0 saturated carbocycles. The molecule has 0 radical (unpaired) electrons. The first kappa shape index (κ1) is 19.9. The number of benzene rings is 2. The second kappa shape index (κ2) is 9.94. The number of rotatable bonds is 9. The topological polar surface area (TPSA) is 87.3 Å². The Kier molecular flexibility index (Phi) is 7.62. The highest BCUT2D eigenvalue weighted by atomic mass is 32.2. The van der Waals surface area contributed by atoms with Crippen LogP contribution in [0.2, 0.25) is 0 Å². The van der Waals surface area contributed by atoms with Crippen LogP contribution in [0.4, 0.5) is 4.79 Å². The smallest absolute Gasteiger partial charge is 0.315 e. The molecular formula is C19H25N3O3S. The van der Waals surface area contributed by atoms with Crippen LogP contribution in [0, 0.1) is 0 Å². The first-order valence-corrected chi connectivity index (χ1v) is 10.3. The maximum absolute atomic E-state index is 12.3. The molecule has 140 valence electrons. The van der Waals surface area contributed by atoms with Crippen molar-refractivity contribution in [3.05, 3.63) is 71.8 Å². The van der Waals surface area contributed by atoms with E-state index in [1.54, 1.807) is 6.92 Å². The number of amides is 2. The van der Waals surface area contributed by atoms with Crippen LogP contribution in [-0.4, -0.2) is 33.3 Å². The third-order valence-corrected chi connectivity index (χ3v) is 5.29. The van der Waals surface area contributed by atoms with Gasteiger partial charge in [-0.25, -0.2) is 17.9 Å². The maximum Gasteiger partial charge on any atom is 0.315 e. The fourth-order valence-corrected chi connectivity index (χ4v) is 3.11. The summed E-state index contributed by atoms with van der Waals surface area (Å²) in [6, 6.07) is 18.9. The van der Waals surface area contributed by atoms with Gasteiger partial charge < -0.3 is 10.6 Å². The summed E-state index contributed by atoms with van der Waals surface area (Å²) in [6.45, 7) is 2.27. The van der Waals surface area contributed by atoms with Crippen molar-refractivity contribution in [3.8, 4) is 0 Å². The third-order valence-electron chi connectivity index (χ3n) is 3.88. The van der Waals surface area contributed by atoms with Crippen molar-refractivity contribution in [2.24, 2.45) is 0 Å². The van der Waals surface area contributed by atoms with Crippen LogP contribution in [0.3, 0.4) is 0 Å². The van der Waals surface area contributed by atoms with Gasteiger partial charge in [0.2, 0.25) is 10.0 Å². The minimum atomic E-state index is -3.19. The molecule has 2 rings (SSSR count). The third kappa shape index (κ3) is 6.50. The first-order chi connectivity index (χ1) is 12.5. The number of sulfonamides is 1. The first-order valence-electron chi connectivity index (χ1n) is 8.63. The van der Waals surface area contributed by atoms with Crippen LogP contribution >= 0.6 is 0 Å². The molecule has 3 N–H and O–H groups in total. The summed E-state index contributed by atoms with van der Waals surface area (Å²) in [4.78, 5) is 12.3. The molecule has 0 aliphatic heterocycles. The van der Waals surface area contributed by atoms with E-state index in [1.165, 1.54) is 0 Å². The van der Waals surface area contributed by atoms with Crippen molar-refractivity contribution < 1.29 is 13.2 Å². The summed E-state index contributed by atoms with van der Waals surface area (Å²) in [6.07, 6.45) is 0.522. The molecule has 0 aliphatic carbocycles. The number of carbonyl (C=O) groups is 1. The van der Waals surface area contributed by atoms with E-state index in [2.05, 4.69) is 15.4 Å². The second-order valence-electron chi connectivity index (χ2n) is 5.81. The minimum absolute atomic E-state index is 0.0523. The number of hydrogen-bond acceptors (Lipinski definition) is 3. The van der Waals surface area contributed by atoms with Gasteiger partial charge in [-0.05, 0) is 24.5 Å². The molecule has 2 aromatic carbocycles. The molecule has 2 amide bonds. The Morgan fingerprint density at radius 3 is 1.96 bits per heavy atom. The highest BCUT2D eigenvalue weighted by molar-refractivity contribution is 7.89. The van der Waals surface area contributed by atoms with Gasteiger partial charge in [-0.3, -0.25) is 0 Å². The van der Waals surface area contributed by atoms with Crippen molar-refractivity contribution in [2.45, 2.75) is 19.4 Å². The highest BCUT2D eigenvalue weighted by Crippen LogP contribution is 2.21.